The number of carbonyl (C=O) groups is 1. The summed E-state index contributed by atoms with van der Waals surface area (Å²) in [6.07, 6.45) is 7.62. The molecule has 2 aromatic heterocycles. The monoisotopic (exact) mass is 187 g/mol. The minimum Gasteiger partial charge on any atom is -0.324 e. The third-order valence-electron chi connectivity index (χ3n) is 1.93. The lowest BCUT2D eigenvalue weighted by atomic mass is 10.3. The Morgan fingerprint density at radius 1 is 1.43 bits per heavy atom. The number of hydrogen-bond donors (Lipinski definition) is 0. The van der Waals surface area contributed by atoms with Crippen molar-refractivity contribution in [1.82, 2.24) is 14.5 Å². The van der Waals surface area contributed by atoms with Gasteiger partial charge in [0.15, 0.2) is 12.1 Å². The molecule has 70 valence electrons. The molecule has 2 aromatic rings. The summed E-state index contributed by atoms with van der Waals surface area (Å²) in [5.74, 6) is 0.439. The van der Waals surface area contributed by atoms with Crippen molar-refractivity contribution in [2.24, 2.45) is 0 Å². The van der Waals surface area contributed by atoms with Crippen molar-refractivity contribution in [2.45, 2.75) is 6.54 Å². The number of aldehydes is 1. The molecule has 0 bridgehead atoms. The van der Waals surface area contributed by atoms with Crippen LogP contribution < -0.4 is 0 Å². The van der Waals surface area contributed by atoms with Crippen LogP contribution in [0.1, 0.15) is 16.2 Å². The summed E-state index contributed by atoms with van der Waals surface area (Å²) in [4.78, 5) is 18.5. The minimum atomic E-state index is 0.439. The molecular weight excluding hydrogens is 178 g/mol. The Kier molecular flexibility index (Phi) is 2.36. The largest absolute Gasteiger partial charge is 0.324 e. The van der Waals surface area contributed by atoms with Gasteiger partial charge in [-0.1, -0.05) is 6.07 Å². The molecule has 4 nitrogen and oxygen atoms in total. The van der Waals surface area contributed by atoms with Gasteiger partial charge in [-0.15, -0.1) is 0 Å². The van der Waals surface area contributed by atoms with Gasteiger partial charge in [-0.3, -0.25) is 9.78 Å². The summed E-state index contributed by atoms with van der Waals surface area (Å²) in [5.41, 5.74) is 1.05. The van der Waals surface area contributed by atoms with E-state index in [9.17, 15) is 4.79 Å². The average Bonchev–Trinajstić information content (AvgIpc) is 2.67. The normalized spacial score (nSPS) is 10.0. The van der Waals surface area contributed by atoms with Gasteiger partial charge < -0.3 is 4.57 Å². The zero-order valence-electron chi connectivity index (χ0n) is 7.50. The highest BCUT2D eigenvalue weighted by Crippen LogP contribution is 2.02. The van der Waals surface area contributed by atoms with Crippen LogP contribution in [0.2, 0.25) is 0 Å². The van der Waals surface area contributed by atoms with Gasteiger partial charge in [0.05, 0.1) is 6.54 Å². The van der Waals surface area contributed by atoms with Crippen LogP contribution >= 0.6 is 0 Å². The van der Waals surface area contributed by atoms with Gasteiger partial charge in [0.2, 0.25) is 0 Å². The smallest absolute Gasteiger partial charge is 0.185 e. The molecule has 2 heterocycles. The lowest BCUT2D eigenvalue weighted by Crippen LogP contribution is -2.03. The van der Waals surface area contributed by atoms with Crippen LogP contribution in [-0.2, 0) is 6.54 Å². The summed E-state index contributed by atoms with van der Waals surface area (Å²) in [5, 5.41) is 0. The number of pyridine rings is 1. The fourth-order valence-corrected chi connectivity index (χ4v) is 1.26. The maximum atomic E-state index is 10.6. The van der Waals surface area contributed by atoms with Crippen molar-refractivity contribution in [1.29, 1.82) is 0 Å². The van der Waals surface area contributed by atoms with E-state index in [1.165, 1.54) is 0 Å². The highest BCUT2D eigenvalue weighted by Gasteiger charge is 2.00. The molecule has 0 saturated heterocycles. The molecule has 0 aliphatic rings. The lowest BCUT2D eigenvalue weighted by molar-refractivity contribution is 0.111. The second-order valence-electron chi connectivity index (χ2n) is 2.89. The fraction of sp³-hybridized carbons (Fsp3) is 0.100. The topological polar surface area (TPSA) is 47.8 Å². The molecule has 0 saturated carbocycles. The molecule has 0 aliphatic carbocycles. The Hall–Kier alpha value is -1.97. The quantitative estimate of drug-likeness (QED) is 0.677. The molecular formula is C10H9N3O. The standard InChI is InChI=1S/C10H9N3O/c14-8-10-12-4-5-13(10)7-9-2-1-3-11-6-9/h1-6,8H,7H2. The Bertz CT molecular complexity index is 422. The Morgan fingerprint density at radius 3 is 3.07 bits per heavy atom. The number of nitrogens with zero attached hydrogens (tertiary/aromatic N) is 3. The lowest BCUT2D eigenvalue weighted by Gasteiger charge is -2.02. The third-order valence-corrected chi connectivity index (χ3v) is 1.93. The molecule has 0 atom stereocenters. The van der Waals surface area contributed by atoms with E-state index in [0.717, 1.165) is 11.8 Å². The Labute approximate surface area is 81.2 Å². The summed E-state index contributed by atoms with van der Waals surface area (Å²) in [6.45, 7) is 0.627. The van der Waals surface area contributed by atoms with Gasteiger partial charge >= 0.3 is 0 Å². The van der Waals surface area contributed by atoms with Crippen molar-refractivity contribution in [3.63, 3.8) is 0 Å². The van der Waals surface area contributed by atoms with Gasteiger partial charge in [0.25, 0.3) is 0 Å². The molecule has 0 fully saturated rings. The second-order valence-corrected chi connectivity index (χ2v) is 2.89. The number of rotatable bonds is 3. The SMILES string of the molecule is O=Cc1nccn1Cc1cccnc1. The van der Waals surface area contributed by atoms with E-state index in [2.05, 4.69) is 9.97 Å². The zero-order chi connectivity index (χ0) is 9.80. The predicted octanol–water partition coefficient (Wildman–Crippen LogP) is 1.14. The molecule has 0 N–H and O–H groups in total. The molecule has 4 heteroatoms. The average molecular weight is 187 g/mol. The molecule has 14 heavy (non-hydrogen) atoms. The van der Waals surface area contributed by atoms with E-state index in [1.54, 1.807) is 29.4 Å². The first kappa shape index (κ1) is 8.62. The fourth-order valence-electron chi connectivity index (χ4n) is 1.26. The van der Waals surface area contributed by atoms with E-state index in [-0.39, 0.29) is 0 Å². The maximum absolute atomic E-state index is 10.6. The van der Waals surface area contributed by atoms with Crippen LogP contribution in [-0.4, -0.2) is 20.8 Å². The first-order chi connectivity index (χ1) is 6.90. The number of hydrogen-bond acceptors (Lipinski definition) is 3. The van der Waals surface area contributed by atoms with Crippen LogP contribution in [0.25, 0.3) is 0 Å². The molecule has 0 aliphatic heterocycles. The minimum absolute atomic E-state index is 0.439. The first-order valence-electron chi connectivity index (χ1n) is 4.25. The summed E-state index contributed by atoms with van der Waals surface area (Å²) < 4.78 is 1.78. The van der Waals surface area contributed by atoms with Crippen molar-refractivity contribution in [3.05, 3.63) is 48.3 Å². The third kappa shape index (κ3) is 1.69. The van der Waals surface area contributed by atoms with Crippen molar-refractivity contribution >= 4 is 6.29 Å². The molecule has 2 rings (SSSR count). The number of imidazole rings is 1. The number of aromatic nitrogens is 3. The zero-order valence-corrected chi connectivity index (χ0v) is 7.50. The maximum Gasteiger partial charge on any atom is 0.185 e. The Balaban J connectivity index is 2.23. The second kappa shape index (κ2) is 3.83. The van der Waals surface area contributed by atoms with Crippen LogP contribution in [0, 0.1) is 0 Å². The van der Waals surface area contributed by atoms with E-state index in [4.69, 9.17) is 0 Å². The van der Waals surface area contributed by atoms with E-state index in [1.807, 2.05) is 12.1 Å². The van der Waals surface area contributed by atoms with Gasteiger partial charge in [-0.05, 0) is 11.6 Å². The van der Waals surface area contributed by atoms with Crippen LogP contribution in [0.5, 0.6) is 0 Å². The molecule has 0 spiro atoms. The van der Waals surface area contributed by atoms with E-state index < -0.39 is 0 Å². The Morgan fingerprint density at radius 2 is 2.36 bits per heavy atom. The van der Waals surface area contributed by atoms with Crippen LogP contribution in [0.3, 0.4) is 0 Å². The molecule has 0 amide bonds. The summed E-state index contributed by atoms with van der Waals surface area (Å²) in [7, 11) is 0. The first-order valence-corrected chi connectivity index (χ1v) is 4.25. The van der Waals surface area contributed by atoms with Crippen molar-refractivity contribution in [3.8, 4) is 0 Å². The highest BCUT2D eigenvalue weighted by molar-refractivity contribution is 5.69. The summed E-state index contributed by atoms with van der Waals surface area (Å²) in [6, 6.07) is 3.83. The van der Waals surface area contributed by atoms with Gasteiger partial charge in [-0.2, -0.15) is 0 Å². The van der Waals surface area contributed by atoms with Crippen LogP contribution in [0.4, 0.5) is 0 Å². The van der Waals surface area contributed by atoms with Gasteiger partial charge in [0.1, 0.15) is 0 Å². The summed E-state index contributed by atoms with van der Waals surface area (Å²) >= 11 is 0. The van der Waals surface area contributed by atoms with Crippen LogP contribution in [0.15, 0.2) is 36.9 Å². The van der Waals surface area contributed by atoms with Crippen molar-refractivity contribution < 1.29 is 4.79 Å². The molecule has 0 unspecified atom stereocenters. The van der Waals surface area contributed by atoms with Gasteiger partial charge in [-0.25, -0.2) is 4.98 Å². The highest BCUT2D eigenvalue weighted by atomic mass is 16.1. The molecule has 0 radical (unpaired) electrons. The van der Waals surface area contributed by atoms with E-state index >= 15 is 0 Å². The van der Waals surface area contributed by atoms with Crippen molar-refractivity contribution in [2.75, 3.05) is 0 Å². The van der Waals surface area contributed by atoms with E-state index in [0.29, 0.717) is 12.4 Å². The number of carbonyl (C=O) groups excluding carboxylic acids is 1. The molecule has 0 aromatic carbocycles. The van der Waals surface area contributed by atoms with Gasteiger partial charge in [0, 0.05) is 24.8 Å². The predicted molar refractivity (Wildman–Crippen MR) is 51.0 cm³/mol.